The Morgan fingerprint density at radius 2 is 1.71 bits per heavy atom. The molecule has 0 fully saturated rings. The number of hydrogen-bond donors (Lipinski definition) is 1. The SMILES string of the molecule is CCCNC(CC(CC)CC)CC(C)(C)OC. The summed E-state index contributed by atoms with van der Waals surface area (Å²) >= 11 is 0. The summed E-state index contributed by atoms with van der Waals surface area (Å²) in [5, 5.41) is 3.68. The first-order valence-corrected chi connectivity index (χ1v) is 7.27. The van der Waals surface area contributed by atoms with Gasteiger partial charge in [-0.05, 0) is 45.6 Å². The molecule has 104 valence electrons. The van der Waals surface area contributed by atoms with Gasteiger partial charge in [0.1, 0.15) is 0 Å². The summed E-state index contributed by atoms with van der Waals surface area (Å²) < 4.78 is 5.56. The first-order chi connectivity index (χ1) is 7.99. The minimum atomic E-state index is -0.0164. The fourth-order valence-electron chi connectivity index (χ4n) is 2.29. The second kappa shape index (κ2) is 8.93. The highest BCUT2D eigenvalue weighted by Gasteiger charge is 2.23. The van der Waals surface area contributed by atoms with Gasteiger partial charge in [0.15, 0.2) is 0 Å². The molecule has 0 aromatic rings. The van der Waals surface area contributed by atoms with Crippen LogP contribution in [-0.4, -0.2) is 25.3 Å². The lowest BCUT2D eigenvalue weighted by molar-refractivity contribution is 0.00491. The van der Waals surface area contributed by atoms with Gasteiger partial charge in [-0.3, -0.25) is 0 Å². The number of hydrogen-bond acceptors (Lipinski definition) is 2. The third-order valence-electron chi connectivity index (χ3n) is 3.75. The van der Waals surface area contributed by atoms with Crippen LogP contribution in [0, 0.1) is 5.92 Å². The summed E-state index contributed by atoms with van der Waals surface area (Å²) in [5.41, 5.74) is -0.0164. The van der Waals surface area contributed by atoms with Crippen LogP contribution >= 0.6 is 0 Å². The Balaban J connectivity index is 4.31. The van der Waals surface area contributed by atoms with E-state index in [0.717, 1.165) is 18.9 Å². The lowest BCUT2D eigenvalue weighted by Crippen LogP contribution is -2.39. The highest BCUT2D eigenvalue weighted by Crippen LogP contribution is 2.22. The van der Waals surface area contributed by atoms with Gasteiger partial charge in [0, 0.05) is 13.2 Å². The zero-order valence-electron chi connectivity index (χ0n) is 12.8. The van der Waals surface area contributed by atoms with Crippen molar-refractivity contribution in [1.82, 2.24) is 5.32 Å². The Kier molecular flexibility index (Phi) is 8.89. The lowest BCUT2D eigenvalue weighted by atomic mass is 9.88. The maximum atomic E-state index is 5.56. The van der Waals surface area contributed by atoms with Crippen LogP contribution in [0.4, 0.5) is 0 Å². The molecule has 1 unspecified atom stereocenters. The first kappa shape index (κ1) is 16.9. The molecular formula is C15H33NO. The molecule has 2 heteroatoms. The molecule has 2 nitrogen and oxygen atoms in total. The number of methoxy groups -OCH3 is 1. The van der Waals surface area contributed by atoms with Crippen LogP contribution < -0.4 is 5.32 Å². The van der Waals surface area contributed by atoms with Crippen molar-refractivity contribution < 1.29 is 4.74 Å². The van der Waals surface area contributed by atoms with E-state index >= 15 is 0 Å². The zero-order chi connectivity index (χ0) is 13.3. The molecule has 0 heterocycles. The molecule has 0 spiro atoms. The van der Waals surface area contributed by atoms with Crippen LogP contribution in [-0.2, 0) is 4.74 Å². The summed E-state index contributed by atoms with van der Waals surface area (Å²) in [4.78, 5) is 0. The highest BCUT2D eigenvalue weighted by molar-refractivity contribution is 4.80. The van der Waals surface area contributed by atoms with Crippen molar-refractivity contribution in [3.05, 3.63) is 0 Å². The average molecular weight is 243 g/mol. The van der Waals surface area contributed by atoms with Gasteiger partial charge < -0.3 is 10.1 Å². The van der Waals surface area contributed by atoms with Crippen molar-refractivity contribution in [3.8, 4) is 0 Å². The van der Waals surface area contributed by atoms with E-state index < -0.39 is 0 Å². The molecule has 17 heavy (non-hydrogen) atoms. The second-order valence-corrected chi connectivity index (χ2v) is 5.74. The van der Waals surface area contributed by atoms with Crippen LogP contribution in [0.25, 0.3) is 0 Å². The number of rotatable bonds is 10. The molecule has 0 amide bonds. The maximum Gasteiger partial charge on any atom is 0.0637 e. The van der Waals surface area contributed by atoms with Crippen molar-refractivity contribution >= 4 is 0 Å². The molecule has 0 bridgehead atoms. The van der Waals surface area contributed by atoms with E-state index in [1.54, 1.807) is 0 Å². The summed E-state index contributed by atoms with van der Waals surface area (Å²) in [7, 11) is 1.81. The first-order valence-electron chi connectivity index (χ1n) is 7.27. The zero-order valence-corrected chi connectivity index (χ0v) is 12.8. The number of nitrogens with one attached hydrogen (secondary N) is 1. The molecule has 1 atom stereocenters. The Labute approximate surface area is 109 Å². The molecule has 0 aliphatic heterocycles. The maximum absolute atomic E-state index is 5.56. The summed E-state index contributed by atoms with van der Waals surface area (Å²) in [6.45, 7) is 12.3. The number of ether oxygens (including phenoxy) is 1. The average Bonchev–Trinajstić information content (AvgIpc) is 2.32. The molecule has 0 aromatic heterocycles. The largest absolute Gasteiger partial charge is 0.379 e. The third-order valence-corrected chi connectivity index (χ3v) is 3.75. The lowest BCUT2D eigenvalue weighted by Gasteiger charge is -2.31. The van der Waals surface area contributed by atoms with Crippen LogP contribution in [0.2, 0.25) is 0 Å². The van der Waals surface area contributed by atoms with E-state index in [1.165, 1.54) is 25.7 Å². The fraction of sp³-hybridized carbons (Fsp3) is 1.00. The van der Waals surface area contributed by atoms with Crippen molar-refractivity contribution in [2.45, 2.75) is 78.4 Å². The van der Waals surface area contributed by atoms with E-state index in [4.69, 9.17) is 4.74 Å². The second-order valence-electron chi connectivity index (χ2n) is 5.74. The molecule has 0 aliphatic carbocycles. The summed E-state index contributed by atoms with van der Waals surface area (Å²) in [6.07, 6.45) is 6.15. The van der Waals surface area contributed by atoms with Gasteiger partial charge in [-0.1, -0.05) is 33.6 Å². The molecule has 0 radical (unpaired) electrons. The molecule has 0 aromatic carbocycles. The van der Waals surface area contributed by atoms with Gasteiger partial charge in [-0.25, -0.2) is 0 Å². The van der Waals surface area contributed by atoms with E-state index in [9.17, 15) is 0 Å². The van der Waals surface area contributed by atoms with Gasteiger partial charge in [0.05, 0.1) is 5.60 Å². The minimum Gasteiger partial charge on any atom is -0.379 e. The highest BCUT2D eigenvalue weighted by atomic mass is 16.5. The van der Waals surface area contributed by atoms with Crippen molar-refractivity contribution in [1.29, 1.82) is 0 Å². The smallest absolute Gasteiger partial charge is 0.0637 e. The third kappa shape index (κ3) is 7.77. The topological polar surface area (TPSA) is 21.3 Å². The molecular weight excluding hydrogens is 210 g/mol. The molecule has 0 aliphatic rings. The van der Waals surface area contributed by atoms with Crippen LogP contribution in [0.1, 0.15) is 66.7 Å². The van der Waals surface area contributed by atoms with E-state index in [1.807, 2.05) is 7.11 Å². The van der Waals surface area contributed by atoms with E-state index in [-0.39, 0.29) is 5.60 Å². The van der Waals surface area contributed by atoms with Gasteiger partial charge in [0.2, 0.25) is 0 Å². The molecule has 0 saturated carbocycles. The van der Waals surface area contributed by atoms with Gasteiger partial charge in [-0.15, -0.1) is 0 Å². The molecule has 1 N–H and O–H groups in total. The normalized spacial score (nSPS) is 14.3. The van der Waals surface area contributed by atoms with Gasteiger partial charge >= 0.3 is 0 Å². The fourth-order valence-corrected chi connectivity index (χ4v) is 2.29. The van der Waals surface area contributed by atoms with Crippen LogP contribution in [0.15, 0.2) is 0 Å². The predicted octanol–water partition coefficient (Wildman–Crippen LogP) is 4.00. The standard InChI is InChI=1S/C15H33NO/c1-7-10-16-14(11-13(8-2)9-3)12-15(4,5)17-6/h13-14,16H,7-12H2,1-6H3. The van der Waals surface area contributed by atoms with Crippen molar-refractivity contribution in [3.63, 3.8) is 0 Å². The Bertz CT molecular complexity index is 176. The minimum absolute atomic E-state index is 0.0164. The Hall–Kier alpha value is -0.0800. The summed E-state index contributed by atoms with van der Waals surface area (Å²) in [5.74, 6) is 0.844. The van der Waals surface area contributed by atoms with Crippen molar-refractivity contribution in [2.75, 3.05) is 13.7 Å². The Morgan fingerprint density at radius 3 is 2.12 bits per heavy atom. The van der Waals surface area contributed by atoms with E-state index in [0.29, 0.717) is 6.04 Å². The van der Waals surface area contributed by atoms with Crippen LogP contribution in [0.5, 0.6) is 0 Å². The van der Waals surface area contributed by atoms with E-state index in [2.05, 4.69) is 39.9 Å². The Morgan fingerprint density at radius 1 is 1.12 bits per heavy atom. The quantitative estimate of drug-likeness (QED) is 0.626. The predicted molar refractivity (Wildman–Crippen MR) is 76.5 cm³/mol. The van der Waals surface area contributed by atoms with Gasteiger partial charge in [-0.2, -0.15) is 0 Å². The van der Waals surface area contributed by atoms with Crippen LogP contribution in [0.3, 0.4) is 0 Å². The van der Waals surface area contributed by atoms with Gasteiger partial charge in [0.25, 0.3) is 0 Å². The van der Waals surface area contributed by atoms with Crippen molar-refractivity contribution in [2.24, 2.45) is 5.92 Å². The molecule has 0 saturated heterocycles. The summed E-state index contributed by atoms with van der Waals surface area (Å²) in [6, 6.07) is 0.592. The monoisotopic (exact) mass is 243 g/mol. The molecule has 0 rings (SSSR count).